The van der Waals surface area contributed by atoms with E-state index in [-0.39, 0.29) is 0 Å². The third-order valence-electron chi connectivity index (χ3n) is 4.39. The molecule has 0 spiro atoms. The maximum atomic E-state index is 4.57. The predicted octanol–water partition coefficient (Wildman–Crippen LogP) is 2.20. The number of rotatable bonds is 6. The van der Waals surface area contributed by atoms with E-state index >= 15 is 0 Å². The molecule has 2 rings (SSSR count). The molecule has 0 radical (unpaired) electrons. The van der Waals surface area contributed by atoms with Crippen LogP contribution in [0.4, 0.5) is 0 Å². The molecule has 0 aliphatic carbocycles. The smallest absolute Gasteiger partial charge is 0.191 e. The van der Waals surface area contributed by atoms with Crippen LogP contribution in [0.15, 0.2) is 4.99 Å². The maximum Gasteiger partial charge on any atom is 0.191 e. The van der Waals surface area contributed by atoms with Crippen LogP contribution in [0.25, 0.3) is 0 Å². The first-order chi connectivity index (χ1) is 11.1. The lowest BCUT2D eigenvalue weighted by molar-refractivity contribution is 0.187. The van der Waals surface area contributed by atoms with Gasteiger partial charge in [-0.25, -0.2) is 4.98 Å². The number of aliphatic imine (C=N–C) groups is 1. The van der Waals surface area contributed by atoms with Gasteiger partial charge in [0.15, 0.2) is 5.96 Å². The summed E-state index contributed by atoms with van der Waals surface area (Å²) in [4.78, 5) is 12.7. The summed E-state index contributed by atoms with van der Waals surface area (Å²) in [5.74, 6) is 1.73. The molecule has 0 bridgehead atoms. The van der Waals surface area contributed by atoms with E-state index in [9.17, 15) is 0 Å². The highest BCUT2D eigenvalue weighted by atomic mass is 32.1. The summed E-state index contributed by atoms with van der Waals surface area (Å²) >= 11 is 1.79. The van der Waals surface area contributed by atoms with E-state index in [0.717, 1.165) is 43.6 Å². The summed E-state index contributed by atoms with van der Waals surface area (Å²) in [7, 11) is 1.83. The highest BCUT2D eigenvalue weighted by Crippen LogP contribution is 2.16. The van der Waals surface area contributed by atoms with Gasteiger partial charge < -0.3 is 15.5 Å². The second-order valence-electron chi connectivity index (χ2n) is 6.47. The molecule has 2 N–H and O–H groups in total. The van der Waals surface area contributed by atoms with Crippen molar-refractivity contribution in [2.75, 3.05) is 39.8 Å². The highest BCUT2D eigenvalue weighted by Gasteiger charge is 2.15. The van der Waals surface area contributed by atoms with Gasteiger partial charge in [0.2, 0.25) is 0 Å². The largest absolute Gasteiger partial charge is 0.356 e. The van der Waals surface area contributed by atoms with Gasteiger partial charge in [-0.15, -0.1) is 11.3 Å². The minimum atomic E-state index is 0.839. The molecule has 5 nitrogen and oxygen atoms in total. The quantitative estimate of drug-likeness (QED) is 0.617. The molecule has 1 fully saturated rings. The molecule has 1 aliphatic rings. The van der Waals surface area contributed by atoms with Crippen LogP contribution in [-0.4, -0.2) is 55.6 Å². The summed E-state index contributed by atoms with van der Waals surface area (Å²) in [6, 6.07) is 0. The van der Waals surface area contributed by atoms with Gasteiger partial charge in [-0.3, -0.25) is 4.99 Å². The molecule has 0 amide bonds. The SMILES string of the molecule is CN=C(NCCc1nc(C)c(C)s1)NCCN1CCCC(C)C1. The minimum absolute atomic E-state index is 0.839. The second-order valence-corrected chi connectivity index (χ2v) is 7.76. The van der Waals surface area contributed by atoms with Crippen LogP contribution < -0.4 is 10.6 Å². The molecule has 1 unspecified atom stereocenters. The zero-order valence-electron chi connectivity index (χ0n) is 15.0. The fraction of sp³-hybridized carbons (Fsp3) is 0.765. The van der Waals surface area contributed by atoms with Gasteiger partial charge in [-0.05, 0) is 39.2 Å². The Labute approximate surface area is 144 Å². The topological polar surface area (TPSA) is 52.6 Å². The Hall–Kier alpha value is -1.14. The molecule has 6 heteroatoms. The van der Waals surface area contributed by atoms with Gasteiger partial charge in [-0.2, -0.15) is 0 Å². The Bertz CT molecular complexity index is 492. The number of aryl methyl sites for hydroxylation is 2. The van der Waals surface area contributed by atoms with Gasteiger partial charge in [-0.1, -0.05) is 6.92 Å². The number of nitrogens with zero attached hydrogens (tertiary/aromatic N) is 3. The van der Waals surface area contributed by atoms with E-state index in [1.54, 1.807) is 11.3 Å². The number of aromatic nitrogens is 1. The second kappa shape index (κ2) is 9.23. The summed E-state index contributed by atoms with van der Waals surface area (Å²) in [6.45, 7) is 11.9. The third-order valence-corrected chi connectivity index (χ3v) is 5.52. The standard InChI is InChI=1S/C17H31N5S/c1-13-6-5-10-22(12-13)11-9-20-17(18-4)19-8-7-16-21-14(2)15(3)23-16/h13H,5-12H2,1-4H3,(H2,18,19,20). The fourth-order valence-corrected chi connectivity index (χ4v) is 3.91. The van der Waals surface area contributed by atoms with Crippen molar-refractivity contribution in [2.45, 2.75) is 40.0 Å². The van der Waals surface area contributed by atoms with Crippen molar-refractivity contribution in [3.63, 3.8) is 0 Å². The number of thiazole rings is 1. The predicted molar refractivity (Wildman–Crippen MR) is 99.5 cm³/mol. The van der Waals surface area contributed by atoms with Gasteiger partial charge in [0, 0.05) is 44.5 Å². The minimum Gasteiger partial charge on any atom is -0.356 e. The van der Waals surface area contributed by atoms with Crippen molar-refractivity contribution in [1.29, 1.82) is 0 Å². The first kappa shape index (κ1) is 18.2. The van der Waals surface area contributed by atoms with E-state index in [2.05, 4.69) is 46.3 Å². The van der Waals surface area contributed by atoms with Crippen LogP contribution in [0.3, 0.4) is 0 Å². The van der Waals surface area contributed by atoms with Gasteiger partial charge in [0.25, 0.3) is 0 Å². The first-order valence-electron chi connectivity index (χ1n) is 8.68. The Kier molecular flexibility index (Phi) is 7.30. The molecule has 1 aromatic rings. The molecule has 0 saturated carbocycles. The van der Waals surface area contributed by atoms with Crippen molar-refractivity contribution < 1.29 is 0 Å². The summed E-state index contributed by atoms with van der Waals surface area (Å²) in [5.41, 5.74) is 1.16. The van der Waals surface area contributed by atoms with Crippen molar-refractivity contribution in [1.82, 2.24) is 20.5 Å². The lowest BCUT2D eigenvalue weighted by Crippen LogP contribution is -2.44. The average Bonchev–Trinajstić information content (AvgIpc) is 2.84. The molecule has 130 valence electrons. The zero-order valence-corrected chi connectivity index (χ0v) is 15.8. The monoisotopic (exact) mass is 337 g/mol. The number of hydrogen-bond donors (Lipinski definition) is 2. The summed E-state index contributed by atoms with van der Waals surface area (Å²) in [5, 5.41) is 7.99. The average molecular weight is 338 g/mol. The lowest BCUT2D eigenvalue weighted by atomic mass is 10.0. The Balaban J connectivity index is 1.63. The molecular formula is C17H31N5S. The van der Waals surface area contributed by atoms with E-state index in [4.69, 9.17) is 0 Å². The molecule has 1 atom stereocenters. The lowest BCUT2D eigenvalue weighted by Gasteiger charge is -2.30. The maximum absolute atomic E-state index is 4.57. The number of guanidine groups is 1. The number of likely N-dealkylation sites (tertiary alicyclic amines) is 1. The molecule has 1 saturated heterocycles. The van der Waals surface area contributed by atoms with Gasteiger partial charge >= 0.3 is 0 Å². The van der Waals surface area contributed by atoms with Crippen molar-refractivity contribution in [3.8, 4) is 0 Å². The zero-order chi connectivity index (χ0) is 16.7. The van der Waals surface area contributed by atoms with Crippen molar-refractivity contribution in [3.05, 3.63) is 15.6 Å². The van der Waals surface area contributed by atoms with Crippen LogP contribution in [0.2, 0.25) is 0 Å². The third kappa shape index (κ3) is 6.11. The van der Waals surface area contributed by atoms with Crippen LogP contribution >= 0.6 is 11.3 Å². The molecule has 1 aromatic heterocycles. The van der Waals surface area contributed by atoms with E-state index < -0.39 is 0 Å². The van der Waals surface area contributed by atoms with Crippen LogP contribution in [0.5, 0.6) is 0 Å². The number of piperidine rings is 1. The van der Waals surface area contributed by atoms with E-state index in [1.807, 2.05) is 7.05 Å². The van der Waals surface area contributed by atoms with Gasteiger partial charge in [0.1, 0.15) is 0 Å². The molecule has 1 aliphatic heterocycles. The van der Waals surface area contributed by atoms with E-state index in [1.165, 1.54) is 35.8 Å². The normalized spacial score (nSPS) is 19.8. The summed E-state index contributed by atoms with van der Waals surface area (Å²) in [6.07, 6.45) is 3.66. The summed E-state index contributed by atoms with van der Waals surface area (Å²) < 4.78 is 0. The highest BCUT2D eigenvalue weighted by molar-refractivity contribution is 7.11. The fourth-order valence-electron chi connectivity index (χ4n) is 2.98. The molecular weight excluding hydrogens is 306 g/mol. The Morgan fingerprint density at radius 3 is 2.78 bits per heavy atom. The molecule has 2 heterocycles. The Morgan fingerprint density at radius 1 is 1.35 bits per heavy atom. The van der Waals surface area contributed by atoms with Crippen LogP contribution in [-0.2, 0) is 6.42 Å². The Morgan fingerprint density at radius 2 is 2.13 bits per heavy atom. The van der Waals surface area contributed by atoms with Crippen LogP contribution in [0.1, 0.15) is 35.3 Å². The van der Waals surface area contributed by atoms with Gasteiger partial charge in [0.05, 0.1) is 10.7 Å². The number of hydrogen-bond acceptors (Lipinski definition) is 4. The van der Waals surface area contributed by atoms with Crippen molar-refractivity contribution in [2.24, 2.45) is 10.9 Å². The first-order valence-corrected chi connectivity index (χ1v) is 9.50. The van der Waals surface area contributed by atoms with Crippen molar-refractivity contribution >= 4 is 17.3 Å². The van der Waals surface area contributed by atoms with E-state index in [0.29, 0.717) is 0 Å². The number of nitrogens with one attached hydrogen (secondary N) is 2. The van der Waals surface area contributed by atoms with Crippen LogP contribution in [0, 0.1) is 19.8 Å². The molecule has 23 heavy (non-hydrogen) atoms. The molecule has 0 aromatic carbocycles.